The molecular weight excluding hydrogens is 198 g/mol. The number of halogens is 2. The van der Waals surface area contributed by atoms with E-state index in [4.69, 9.17) is 32.0 Å². The van der Waals surface area contributed by atoms with Crippen molar-refractivity contribution < 1.29 is 14.0 Å². The highest BCUT2D eigenvalue weighted by Gasteiger charge is 2.25. The minimum atomic E-state index is -3.28. The fourth-order valence-corrected chi connectivity index (χ4v) is 1.47. The van der Waals surface area contributed by atoms with Crippen LogP contribution in [0.4, 0.5) is 0 Å². The van der Waals surface area contributed by atoms with Crippen LogP contribution in [0.5, 0.6) is 0 Å². The van der Waals surface area contributed by atoms with E-state index in [2.05, 4.69) is 0 Å². The first kappa shape index (κ1) is 8.25. The monoisotopic (exact) mass is 202 g/mol. The molecule has 0 spiro atoms. The number of rotatable bonds is 1. The molecule has 0 fully saturated rings. The van der Waals surface area contributed by atoms with Crippen molar-refractivity contribution in [3.05, 3.63) is 11.8 Å². The van der Waals surface area contributed by atoms with Gasteiger partial charge in [-0.15, -0.1) is 0 Å². The van der Waals surface area contributed by atoms with Crippen LogP contribution in [-0.4, -0.2) is 13.2 Å². The van der Waals surface area contributed by atoms with E-state index in [9.17, 15) is 4.57 Å². The highest BCUT2D eigenvalue weighted by atomic mass is 35.9. The van der Waals surface area contributed by atoms with Crippen molar-refractivity contribution in [2.45, 2.75) is 0 Å². The minimum Gasteiger partial charge on any atom is -0.494 e. The van der Waals surface area contributed by atoms with Gasteiger partial charge in [-0.2, -0.15) is 0 Å². The molecule has 0 aromatic carbocycles. The van der Waals surface area contributed by atoms with Crippen molar-refractivity contribution in [3.63, 3.8) is 0 Å². The third kappa shape index (κ3) is 2.08. The molecule has 6 heteroatoms. The summed E-state index contributed by atoms with van der Waals surface area (Å²) >= 11 is 10.5. The summed E-state index contributed by atoms with van der Waals surface area (Å²) in [5, 5.41) is 0. The van der Waals surface area contributed by atoms with E-state index in [-0.39, 0.29) is 5.50 Å². The molecule has 0 radical (unpaired) electrons. The van der Waals surface area contributed by atoms with Gasteiger partial charge in [-0.3, -0.25) is 4.57 Å². The molecule has 3 nitrogen and oxygen atoms in total. The summed E-state index contributed by atoms with van der Waals surface area (Å²) in [5.41, 5.74) is 0.0297. The quantitative estimate of drug-likeness (QED) is 0.614. The van der Waals surface area contributed by atoms with E-state index in [1.807, 2.05) is 0 Å². The van der Waals surface area contributed by atoms with Crippen molar-refractivity contribution in [2.75, 3.05) is 13.2 Å². The van der Waals surface area contributed by atoms with Gasteiger partial charge in [-0.1, -0.05) is 0 Å². The Hall–Kier alpha value is 0.150. The molecule has 1 aliphatic rings. The number of ether oxygens (including phenoxy) is 2. The van der Waals surface area contributed by atoms with Gasteiger partial charge < -0.3 is 9.47 Å². The minimum absolute atomic E-state index is 0.0297. The van der Waals surface area contributed by atoms with E-state index >= 15 is 0 Å². The van der Waals surface area contributed by atoms with Crippen LogP contribution in [-0.2, 0) is 14.0 Å². The summed E-state index contributed by atoms with van der Waals surface area (Å²) in [6, 6.07) is 0. The molecule has 10 heavy (non-hydrogen) atoms. The van der Waals surface area contributed by atoms with E-state index < -0.39 is 5.85 Å². The van der Waals surface area contributed by atoms with Crippen LogP contribution in [0.1, 0.15) is 0 Å². The molecule has 0 N–H and O–H groups in total. The van der Waals surface area contributed by atoms with E-state index in [0.29, 0.717) is 13.2 Å². The van der Waals surface area contributed by atoms with Crippen molar-refractivity contribution in [1.82, 2.24) is 0 Å². The van der Waals surface area contributed by atoms with E-state index in [1.165, 1.54) is 6.26 Å². The first-order valence-electron chi connectivity index (χ1n) is 2.55. The van der Waals surface area contributed by atoms with Crippen molar-refractivity contribution in [1.29, 1.82) is 0 Å². The van der Waals surface area contributed by atoms with E-state index in [1.54, 1.807) is 0 Å². The molecule has 0 saturated heterocycles. The average Bonchev–Trinajstić information content (AvgIpc) is 1.88. The second-order valence-electron chi connectivity index (χ2n) is 1.64. The lowest BCUT2D eigenvalue weighted by molar-refractivity contribution is 0.0990. The summed E-state index contributed by atoms with van der Waals surface area (Å²) in [6.07, 6.45) is 1.18. The standard InChI is InChI=1S/C4H5Cl2O3P/c5-10(6,7)4-3-8-1-2-9-4/h3H,1-2H2. The molecular formula is C4H5Cl2O3P. The zero-order valence-electron chi connectivity index (χ0n) is 4.92. The molecule has 0 aliphatic carbocycles. The molecule has 1 heterocycles. The Morgan fingerprint density at radius 1 is 1.50 bits per heavy atom. The summed E-state index contributed by atoms with van der Waals surface area (Å²) in [7, 11) is 0. The van der Waals surface area contributed by atoms with Crippen molar-refractivity contribution in [3.8, 4) is 0 Å². The summed E-state index contributed by atoms with van der Waals surface area (Å²) in [6.45, 7) is 0.784. The molecule has 0 saturated carbocycles. The number of hydrogen-bond donors (Lipinski definition) is 0. The molecule has 0 aromatic heterocycles. The summed E-state index contributed by atoms with van der Waals surface area (Å²) < 4.78 is 20.5. The molecule has 0 aromatic rings. The molecule has 1 aliphatic heterocycles. The molecule has 0 bridgehead atoms. The Morgan fingerprint density at radius 3 is 2.50 bits per heavy atom. The Balaban J connectivity index is 2.72. The van der Waals surface area contributed by atoms with Gasteiger partial charge in [0.05, 0.1) is 0 Å². The lowest BCUT2D eigenvalue weighted by atomic mass is 10.7. The molecule has 1 rings (SSSR count). The van der Waals surface area contributed by atoms with E-state index in [0.717, 1.165) is 0 Å². The maximum Gasteiger partial charge on any atom is 0.318 e. The van der Waals surface area contributed by atoms with Crippen LogP contribution in [0, 0.1) is 0 Å². The SMILES string of the molecule is O=P(Cl)(Cl)C1=COCCO1. The lowest BCUT2D eigenvalue weighted by Gasteiger charge is -2.14. The lowest BCUT2D eigenvalue weighted by Crippen LogP contribution is -2.06. The maximum atomic E-state index is 10.8. The zero-order chi connectivity index (χ0) is 7.61. The van der Waals surface area contributed by atoms with Gasteiger partial charge in [0.1, 0.15) is 19.5 Å². The molecule has 0 amide bonds. The third-order valence-electron chi connectivity index (χ3n) is 0.892. The summed E-state index contributed by atoms with van der Waals surface area (Å²) in [4.78, 5) is 0. The predicted octanol–water partition coefficient (Wildman–Crippen LogP) is 2.50. The molecule has 58 valence electrons. The fraction of sp³-hybridized carbons (Fsp3) is 0.500. The average molecular weight is 203 g/mol. The third-order valence-corrected chi connectivity index (χ3v) is 2.64. The van der Waals surface area contributed by atoms with Crippen LogP contribution >= 0.6 is 28.3 Å². The highest BCUT2D eigenvalue weighted by molar-refractivity contribution is 8.11. The van der Waals surface area contributed by atoms with Crippen molar-refractivity contribution in [2.24, 2.45) is 0 Å². The van der Waals surface area contributed by atoms with Crippen LogP contribution < -0.4 is 0 Å². The van der Waals surface area contributed by atoms with Gasteiger partial charge in [0.15, 0.2) is 0 Å². The largest absolute Gasteiger partial charge is 0.494 e. The Kier molecular flexibility index (Phi) is 2.50. The van der Waals surface area contributed by atoms with Gasteiger partial charge in [-0.05, 0) is 22.5 Å². The van der Waals surface area contributed by atoms with Crippen LogP contribution in [0.2, 0.25) is 0 Å². The van der Waals surface area contributed by atoms with Crippen LogP contribution in [0.15, 0.2) is 11.8 Å². The number of hydrogen-bond acceptors (Lipinski definition) is 3. The smallest absolute Gasteiger partial charge is 0.318 e. The Morgan fingerprint density at radius 2 is 2.20 bits per heavy atom. The topological polar surface area (TPSA) is 35.5 Å². The van der Waals surface area contributed by atoms with Gasteiger partial charge in [0.25, 0.3) is 0 Å². The second-order valence-corrected chi connectivity index (χ2v) is 6.38. The van der Waals surface area contributed by atoms with Gasteiger partial charge in [0.2, 0.25) is 5.50 Å². The van der Waals surface area contributed by atoms with Gasteiger partial charge >= 0.3 is 5.85 Å². The van der Waals surface area contributed by atoms with Gasteiger partial charge in [-0.25, -0.2) is 0 Å². The molecule has 0 unspecified atom stereocenters. The Labute approximate surface area is 67.8 Å². The second kappa shape index (κ2) is 3.04. The summed E-state index contributed by atoms with van der Waals surface area (Å²) in [5.74, 6) is -3.28. The zero-order valence-corrected chi connectivity index (χ0v) is 7.33. The Bertz CT molecular complexity index is 197. The van der Waals surface area contributed by atoms with Crippen LogP contribution in [0.3, 0.4) is 0 Å². The first-order chi connectivity index (χ1) is 4.61. The van der Waals surface area contributed by atoms with Crippen LogP contribution in [0.25, 0.3) is 0 Å². The maximum absolute atomic E-state index is 10.8. The van der Waals surface area contributed by atoms with Gasteiger partial charge in [0, 0.05) is 0 Å². The highest BCUT2D eigenvalue weighted by Crippen LogP contribution is 2.64. The molecule has 0 atom stereocenters. The first-order valence-corrected chi connectivity index (χ1v) is 6.07. The predicted molar refractivity (Wildman–Crippen MR) is 39.3 cm³/mol. The normalized spacial score (nSPS) is 18.8. The van der Waals surface area contributed by atoms with Crippen molar-refractivity contribution >= 4 is 28.3 Å². The fourth-order valence-electron chi connectivity index (χ4n) is 0.495.